The van der Waals surface area contributed by atoms with Crippen molar-refractivity contribution in [2.24, 2.45) is 11.1 Å². The first-order valence-corrected chi connectivity index (χ1v) is 5.66. The molecule has 84 valence electrons. The van der Waals surface area contributed by atoms with Crippen molar-refractivity contribution in [1.29, 1.82) is 0 Å². The fourth-order valence-corrected chi connectivity index (χ4v) is 2.08. The summed E-state index contributed by atoms with van der Waals surface area (Å²) in [6, 6.07) is 0.327. The summed E-state index contributed by atoms with van der Waals surface area (Å²) >= 11 is 0. The van der Waals surface area contributed by atoms with Gasteiger partial charge in [-0.3, -0.25) is 4.90 Å². The van der Waals surface area contributed by atoms with Crippen LogP contribution in [-0.2, 0) is 0 Å². The van der Waals surface area contributed by atoms with Crippen molar-refractivity contribution in [3.05, 3.63) is 0 Å². The van der Waals surface area contributed by atoms with Crippen LogP contribution in [0.25, 0.3) is 0 Å². The van der Waals surface area contributed by atoms with Gasteiger partial charge in [0, 0.05) is 38.8 Å². The topological polar surface area (TPSA) is 41.3 Å². The second-order valence-corrected chi connectivity index (χ2v) is 5.58. The molecule has 0 saturated carbocycles. The van der Waals surface area contributed by atoms with E-state index in [1.807, 2.05) is 0 Å². The van der Waals surface area contributed by atoms with E-state index in [2.05, 4.69) is 31.0 Å². The molecule has 0 radical (unpaired) electrons. The molecular weight excluding hydrogens is 174 g/mol. The zero-order valence-electron chi connectivity index (χ0n) is 9.84. The first kappa shape index (κ1) is 12.0. The lowest BCUT2D eigenvalue weighted by atomic mass is 9.88. The predicted octanol–water partition coefficient (Wildman–Crippen LogP) is 0.655. The molecule has 3 nitrogen and oxygen atoms in total. The summed E-state index contributed by atoms with van der Waals surface area (Å²) in [6.45, 7) is 12.3. The zero-order chi connectivity index (χ0) is 10.6. The van der Waals surface area contributed by atoms with E-state index in [1.54, 1.807) is 0 Å². The van der Waals surface area contributed by atoms with Crippen molar-refractivity contribution >= 4 is 0 Å². The van der Waals surface area contributed by atoms with Crippen molar-refractivity contribution in [2.45, 2.75) is 33.2 Å². The number of piperazine rings is 1. The summed E-state index contributed by atoms with van der Waals surface area (Å²) < 4.78 is 0. The highest BCUT2D eigenvalue weighted by molar-refractivity contribution is 4.77. The van der Waals surface area contributed by atoms with Gasteiger partial charge in [0.05, 0.1) is 0 Å². The van der Waals surface area contributed by atoms with E-state index in [-0.39, 0.29) is 0 Å². The molecule has 3 heteroatoms. The lowest BCUT2D eigenvalue weighted by Gasteiger charge is -2.31. The molecule has 0 aromatic heterocycles. The third-order valence-electron chi connectivity index (χ3n) is 2.58. The molecular formula is C11H25N3. The Balaban J connectivity index is 2.21. The fraction of sp³-hybridized carbons (Fsp3) is 1.00. The molecule has 0 amide bonds. The van der Waals surface area contributed by atoms with Gasteiger partial charge in [0.2, 0.25) is 0 Å². The second-order valence-electron chi connectivity index (χ2n) is 5.58. The Morgan fingerprint density at radius 3 is 2.36 bits per heavy atom. The molecule has 3 N–H and O–H groups in total. The molecule has 0 spiro atoms. The monoisotopic (exact) mass is 199 g/mol. The summed E-state index contributed by atoms with van der Waals surface area (Å²) in [5.74, 6) is 0. The molecule has 0 bridgehead atoms. The largest absolute Gasteiger partial charge is 0.327 e. The van der Waals surface area contributed by atoms with Crippen LogP contribution in [0, 0.1) is 5.41 Å². The van der Waals surface area contributed by atoms with E-state index in [0.29, 0.717) is 11.5 Å². The lowest BCUT2D eigenvalue weighted by Crippen LogP contribution is -2.48. The molecule has 1 aliphatic rings. The zero-order valence-corrected chi connectivity index (χ0v) is 9.84. The van der Waals surface area contributed by atoms with Crippen molar-refractivity contribution in [3.8, 4) is 0 Å². The van der Waals surface area contributed by atoms with Crippen LogP contribution in [-0.4, -0.2) is 43.7 Å². The lowest BCUT2D eigenvalue weighted by molar-refractivity contribution is 0.206. The van der Waals surface area contributed by atoms with Gasteiger partial charge in [-0.05, 0) is 11.8 Å². The maximum Gasteiger partial charge on any atom is 0.0172 e. The van der Waals surface area contributed by atoms with Crippen molar-refractivity contribution in [2.75, 3.05) is 32.7 Å². The van der Waals surface area contributed by atoms with Gasteiger partial charge in [-0.2, -0.15) is 0 Å². The van der Waals surface area contributed by atoms with E-state index < -0.39 is 0 Å². The molecule has 1 fully saturated rings. The predicted molar refractivity (Wildman–Crippen MR) is 61.4 cm³/mol. The van der Waals surface area contributed by atoms with Gasteiger partial charge in [-0.25, -0.2) is 0 Å². The Morgan fingerprint density at radius 2 is 1.86 bits per heavy atom. The van der Waals surface area contributed by atoms with E-state index in [9.17, 15) is 0 Å². The highest BCUT2D eigenvalue weighted by Crippen LogP contribution is 2.20. The van der Waals surface area contributed by atoms with E-state index in [0.717, 1.165) is 39.1 Å². The van der Waals surface area contributed by atoms with E-state index in [4.69, 9.17) is 5.73 Å². The van der Waals surface area contributed by atoms with Crippen LogP contribution in [0.5, 0.6) is 0 Å². The van der Waals surface area contributed by atoms with Gasteiger partial charge < -0.3 is 11.1 Å². The van der Waals surface area contributed by atoms with E-state index in [1.165, 1.54) is 0 Å². The first-order valence-electron chi connectivity index (χ1n) is 5.66. The number of hydrogen-bond donors (Lipinski definition) is 2. The Bertz CT molecular complexity index is 156. The van der Waals surface area contributed by atoms with Gasteiger partial charge in [-0.15, -0.1) is 0 Å². The van der Waals surface area contributed by atoms with Crippen molar-refractivity contribution in [3.63, 3.8) is 0 Å². The SMILES string of the molecule is CC(C)(C)CC(N)CN1CCNCC1. The average Bonchev–Trinajstić information content (AvgIpc) is 2.02. The molecule has 14 heavy (non-hydrogen) atoms. The van der Waals surface area contributed by atoms with Crippen LogP contribution < -0.4 is 11.1 Å². The van der Waals surface area contributed by atoms with Crippen LogP contribution >= 0.6 is 0 Å². The molecule has 1 saturated heterocycles. The minimum Gasteiger partial charge on any atom is -0.327 e. The molecule has 1 aliphatic heterocycles. The molecule has 1 heterocycles. The van der Waals surface area contributed by atoms with Crippen LogP contribution in [0.4, 0.5) is 0 Å². The number of nitrogens with one attached hydrogen (secondary N) is 1. The fourth-order valence-electron chi connectivity index (χ4n) is 2.08. The molecule has 0 aliphatic carbocycles. The molecule has 0 aromatic carbocycles. The second kappa shape index (κ2) is 5.10. The van der Waals surface area contributed by atoms with Crippen LogP contribution in [0.2, 0.25) is 0 Å². The normalized spacial score (nSPS) is 22.3. The van der Waals surface area contributed by atoms with Crippen LogP contribution in [0.15, 0.2) is 0 Å². The smallest absolute Gasteiger partial charge is 0.0172 e. The van der Waals surface area contributed by atoms with Crippen molar-refractivity contribution < 1.29 is 0 Å². The average molecular weight is 199 g/mol. The van der Waals surface area contributed by atoms with Gasteiger partial charge in [0.1, 0.15) is 0 Å². The first-order chi connectivity index (χ1) is 6.47. The minimum atomic E-state index is 0.327. The minimum absolute atomic E-state index is 0.327. The Kier molecular flexibility index (Phi) is 4.35. The maximum absolute atomic E-state index is 6.13. The number of nitrogens with zero attached hydrogens (tertiary/aromatic N) is 1. The number of hydrogen-bond acceptors (Lipinski definition) is 3. The molecule has 1 atom stereocenters. The highest BCUT2D eigenvalue weighted by atomic mass is 15.2. The third-order valence-corrected chi connectivity index (χ3v) is 2.58. The van der Waals surface area contributed by atoms with Gasteiger partial charge in [-0.1, -0.05) is 20.8 Å². The Labute approximate surface area is 88.0 Å². The maximum atomic E-state index is 6.13. The van der Waals surface area contributed by atoms with Gasteiger partial charge in [0.15, 0.2) is 0 Å². The summed E-state index contributed by atoms with van der Waals surface area (Å²) in [4.78, 5) is 2.47. The molecule has 0 aromatic rings. The van der Waals surface area contributed by atoms with Crippen LogP contribution in [0.1, 0.15) is 27.2 Å². The Hall–Kier alpha value is -0.120. The van der Waals surface area contributed by atoms with E-state index >= 15 is 0 Å². The Morgan fingerprint density at radius 1 is 1.29 bits per heavy atom. The molecule has 1 rings (SSSR count). The standard InChI is InChI=1S/C11H25N3/c1-11(2,3)8-10(12)9-14-6-4-13-5-7-14/h10,13H,4-9,12H2,1-3H3. The summed E-state index contributed by atoms with van der Waals surface area (Å²) in [5, 5.41) is 3.35. The van der Waals surface area contributed by atoms with Gasteiger partial charge >= 0.3 is 0 Å². The summed E-state index contributed by atoms with van der Waals surface area (Å²) in [7, 11) is 0. The highest BCUT2D eigenvalue weighted by Gasteiger charge is 2.18. The van der Waals surface area contributed by atoms with Crippen LogP contribution in [0.3, 0.4) is 0 Å². The van der Waals surface area contributed by atoms with Crippen molar-refractivity contribution in [1.82, 2.24) is 10.2 Å². The third kappa shape index (κ3) is 4.94. The number of rotatable bonds is 3. The number of nitrogens with two attached hydrogens (primary N) is 1. The summed E-state index contributed by atoms with van der Waals surface area (Å²) in [5.41, 5.74) is 6.48. The summed E-state index contributed by atoms with van der Waals surface area (Å²) in [6.07, 6.45) is 1.11. The quantitative estimate of drug-likeness (QED) is 0.701. The molecule has 1 unspecified atom stereocenters. The van der Waals surface area contributed by atoms with Gasteiger partial charge in [0.25, 0.3) is 0 Å².